The fourth-order valence-electron chi connectivity index (χ4n) is 2.37. The molecule has 1 saturated heterocycles. The van der Waals surface area contributed by atoms with Crippen LogP contribution in [0.15, 0.2) is 18.2 Å². The van der Waals surface area contributed by atoms with Gasteiger partial charge in [0.25, 0.3) is 0 Å². The number of hydrogen-bond donors (Lipinski definition) is 1. The van der Waals surface area contributed by atoms with E-state index in [0.717, 1.165) is 43.0 Å². The third-order valence-corrected chi connectivity index (χ3v) is 3.80. The van der Waals surface area contributed by atoms with Crippen LogP contribution in [0.2, 0.25) is 0 Å². The monoisotopic (exact) mass is 247 g/mol. The van der Waals surface area contributed by atoms with E-state index in [4.69, 9.17) is 4.98 Å². The maximum Gasteiger partial charge on any atom is 0.128 e. The smallest absolute Gasteiger partial charge is 0.128 e. The molecule has 2 heterocycles. The van der Waals surface area contributed by atoms with Crippen molar-refractivity contribution in [2.75, 3.05) is 18.0 Å². The van der Waals surface area contributed by atoms with Gasteiger partial charge in [-0.25, -0.2) is 4.98 Å². The minimum atomic E-state index is 0.502. The summed E-state index contributed by atoms with van der Waals surface area (Å²) in [5.41, 5.74) is 1.13. The maximum absolute atomic E-state index is 4.76. The fourth-order valence-corrected chi connectivity index (χ4v) is 2.37. The van der Waals surface area contributed by atoms with E-state index in [1.807, 2.05) is 0 Å². The van der Waals surface area contributed by atoms with E-state index in [0.29, 0.717) is 6.04 Å². The molecule has 1 aromatic rings. The Hall–Kier alpha value is -1.09. The number of anilines is 1. The second kappa shape index (κ2) is 5.70. The Labute approximate surface area is 111 Å². The second-order valence-electron chi connectivity index (χ2n) is 5.88. The predicted molar refractivity (Wildman–Crippen MR) is 76.8 cm³/mol. The molecule has 1 aromatic heterocycles. The van der Waals surface area contributed by atoms with E-state index in [2.05, 4.69) is 56.1 Å². The van der Waals surface area contributed by atoms with Crippen LogP contribution in [-0.2, 0) is 6.54 Å². The molecule has 0 amide bonds. The van der Waals surface area contributed by atoms with Gasteiger partial charge in [-0.3, -0.25) is 0 Å². The average molecular weight is 247 g/mol. The van der Waals surface area contributed by atoms with Crippen molar-refractivity contribution in [3.8, 4) is 0 Å². The van der Waals surface area contributed by atoms with Crippen LogP contribution in [0.3, 0.4) is 0 Å². The number of hydrogen-bond acceptors (Lipinski definition) is 3. The minimum absolute atomic E-state index is 0.502. The van der Waals surface area contributed by atoms with E-state index in [9.17, 15) is 0 Å². The molecule has 3 nitrogen and oxygen atoms in total. The van der Waals surface area contributed by atoms with Crippen molar-refractivity contribution >= 4 is 5.82 Å². The maximum atomic E-state index is 4.76. The van der Waals surface area contributed by atoms with E-state index < -0.39 is 0 Å². The van der Waals surface area contributed by atoms with Gasteiger partial charge in [-0.1, -0.05) is 33.8 Å². The molecular weight excluding hydrogens is 222 g/mol. The number of rotatable bonds is 4. The highest BCUT2D eigenvalue weighted by Crippen LogP contribution is 2.26. The van der Waals surface area contributed by atoms with Crippen molar-refractivity contribution < 1.29 is 0 Å². The Balaban J connectivity index is 2.03. The largest absolute Gasteiger partial charge is 0.356 e. The summed E-state index contributed by atoms with van der Waals surface area (Å²) in [6.45, 7) is 12.1. The Morgan fingerprint density at radius 3 is 2.56 bits per heavy atom. The van der Waals surface area contributed by atoms with Gasteiger partial charge in [-0.05, 0) is 24.0 Å². The molecule has 1 aliphatic heterocycles. The van der Waals surface area contributed by atoms with Crippen LogP contribution in [0, 0.1) is 11.8 Å². The van der Waals surface area contributed by atoms with Crippen LogP contribution in [0.5, 0.6) is 0 Å². The van der Waals surface area contributed by atoms with Gasteiger partial charge in [0.1, 0.15) is 5.82 Å². The molecule has 0 aromatic carbocycles. The molecule has 0 bridgehead atoms. The molecule has 2 rings (SSSR count). The van der Waals surface area contributed by atoms with E-state index in [1.165, 1.54) is 0 Å². The van der Waals surface area contributed by atoms with Gasteiger partial charge in [0.05, 0.1) is 5.69 Å². The molecule has 1 N–H and O–H groups in total. The first kappa shape index (κ1) is 13.3. The van der Waals surface area contributed by atoms with Crippen LogP contribution in [0.1, 0.15) is 33.4 Å². The topological polar surface area (TPSA) is 28.2 Å². The fraction of sp³-hybridized carbons (Fsp3) is 0.667. The zero-order valence-electron chi connectivity index (χ0n) is 12.0. The van der Waals surface area contributed by atoms with Gasteiger partial charge in [0, 0.05) is 25.7 Å². The highest BCUT2D eigenvalue weighted by Gasteiger charge is 2.26. The van der Waals surface area contributed by atoms with Crippen LogP contribution in [0.4, 0.5) is 5.82 Å². The molecule has 0 radical (unpaired) electrons. The van der Waals surface area contributed by atoms with Crippen LogP contribution in [0.25, 0.3) is 0 Å². The van der Waals surface area contributed by atoms with Gasteiger partial charge in [0.15, 0.2) is 0 Å². The Kier molecular flexibility index (Phi) is 4.23. The number of aromatic nitrogens is 1. The molecule has 2 atom stereocenters. The third kappa shape index (κ3) is 3.22. The first-order valence-corrected chi connectivity index (χ1v) is 7.00. The van der Waals surface area contributed by atoms with Crippen molar-refractivity contribution in [2.45, 2.75) is 40.3 Å². The standard InChI is InChI=1S/C15H25N3/c1-11(2)16-8-14-6-5-7-15(17-14)18-9-12(3)13(4)10-18/h5-7,11-13,16H,8-10H2,1-4H3. The molecule has 1 aliphatic rings. The summed E-state index contributed by atoms with van der Waals surface area (Å²) in [6, 6.07) is 6.85. The third-order valence-electron chi connectivity index (χ3n) is 3.80. The zero-order chi connectivity index (χ0) is 13.1. The first-order chi connectivity index (χ1) is 8.56. The summed E-state index contributed by atoms with van der Waals surface area (Å²) in [5.74, 6) is 2.67. The average Bonchev–Trinajstić information content (AvgIpc) is 2.68. The molecule has 0 saturated carbocycles. The van der Waals surface area contributed by atoms with Crippen LogP contribution >= 0.6 is 0 Å². The van der Waals surface area contributed by atoms with Crippen LogP contribution in [-0.4, -0.2) is 24.1 Å². The summed E-state index contributed by atoms with van der Waals surface area (Å²) in [5, 5.41) is 3.42. The van der Waals surface area contributed by atoms with Crippen LogP contribution < -0.4 is 10.2 Å². The summed E-state index contributed by atoms with van der Waals surface area (Å²) in [4.78, 5) is 7.17. The number of nitrogens with one attached hydrogen (secondary N) is 1. The molecular formula is C15H25N3. The lowest BCUT2D eigenvalue weighted by Crippen LogP contribution is -2.24. The molecule has 0 aliphatic carbocycles. The minimum Gasteiger partial charge on any atom is -0.356 e. The normalized spacial score (nSPS) is 23.9. The van der Waals surface area contributed by atoms with Gasteiger partial charge in [-0.15, -0.1) is 0 Å². The lowest BCUT2D eigenvalue weighted by Gasteiger charge is -2.18. The van der Waals surface area contributed by atoms with Gasteiger partial charge >= 0.3 is 0 Å². The Morgan fingerprint density at radius 1 is 1.28 bits per heavy atom. The molecule has 3 heteroatoms. The Bertz CT molecular complexity index is 379. The zero-order valence-corrected chi connectivity index (χ0v) is 12.0. The van der Waals surface area contributed by atoms with Crippen molar-refractivity contribution in [2.24, 2.45) is 11.8 Å². The summed E-state index contributed by atoms with van der Waals surface area (Å²) in [7, 11) is 0. The first-order valence-electron chi connectivity index (χ1n) is 7.00. The van der Waals surface area contributed by atoms with Crippen molar-refractivity contribution in [1.82, 2.24) is 10.3 Å². The summed E-state index contributed by atoms with van der Waals surface area (Å²) < 4.78 is 0. The predicted octanol–water partition coefficient (Wildman–Crippen LogP) is 2.67. The van der Waals surface area contributed by atoms with E-state index in [-0.39, 0.29) is 0 Å². The molecule has 18 heavy (non-hydrogen) atoms. The van der Waals surface area contributed by atoms with Crippen molar-refractivity contribution in [1.29, 1.82) is 0 Å². The lowest BCUT2D eigenvalue weighted by molar-refractivity contribution is 0.494. The SMILES string of the molecule is CC(C)NCc1cccc(N2CC(C)C(C)C2)n1. The highest BCUT2D eigenvalue weighted by atomic mass is 15.2. The molecule has 1 fully saturated rings. The number of pyridine rings is 1. The van der Waals surface area contributed by atoms with Gasteiger partial charge < -0.3 is 10.2 Å². The van der Waals surface area contributed by atoms with E-state index in [1.54, 1.807) is 0 Å². The molecule has 0 spiro atoms. The van der Waals surface area contributed by atoms with Crippen molar-refractivity contribution in [3.05, 3.63) is 23.9 Å². The molecule has 100 valence electrons. The summed E-state index contributed by atoms with van der Waals surface area (Å²) >= 11 is 0. The summed E-state index contributed by atoms with van der Waals surface area (Å²) in [6.07, 6.45) is 0. The quantitative estimate of drug-likeness (QED) is 0.886. The van der Waals surface area contributed by atoms with Crippen molar-refractivity contribution in [3.63, 3.8) is 0 Å². The van der Waals surface area contributed by atoms with E-state index >= 15 is 0 Å². The second-order valence-corrected chi connectivity index (χ2v) is 5.88. The highest BCUT2D eigenvalue weighted by molar-refractivity contribution is 5.40. The number of nitrogens with zero attached hydrogens (tertiary/aromatic N) is 2. The van der Waals surface area contributed by atoms with Gasteiger partial charge in [0.2, 0.25) is 0 Å². The van der Waals surface area contributed by atoms with Gasteiger partial charge in [-0.2, -0.15) is 0 Å². The lowest BCUT2D eigenvalue weighted by atomic mass is 10.0. The molecule has 2 unspecified atom stereocenters. The Morgan fingerprint density at radius 2 is 1.94 bits per heavy atom.